The average molecular weight is 362 g/mol. The standard InChI is InChI=1S/C19H22O7/c1-8(2)7-10(20)12-14(22)13-15(23)18(19(3,4)24)26-17(13)9-5-6-11(21)25-16(9)12/h5-6,8,15,18,22-24H,7H2,1-4H3/t15-,18-/m1/s1. The number of aliphatic hydroxyl groups excluding tert-OH is 1. The Morgan fingerprint density at radius 1 is 1.31 bits per heavy atom. The Morgan fingerprint density at radius 3 is 2.54 bits per heavy atom. The van der Waals surface area contributed by atoms with Crippen LogP contribution in [0.2, 0.25) is 0 Å². The Bertz CT molecular complexity index is 934. The van der Waals surface area contributed by atoms with Crippen molar-refractivity contribution in [3.63, 3.8) is 0 Å². The Balaban J connectivity index is 2.33. The van der Waals surface area contributed by atoms with E-state index in [-0.39, 0.29) is 40.2 Å². The van der Waals surface area contributed by atoms with E-state index in [1.54, 1.807) is 0 Å². The van der Waals surface area contributed by atoms with Gasteiger partial charge in [0.2, 0.25) is 0 Å². The molecule has 26 heavy (non-hydrogen) atoms. The maximum absolute atomic E-state index is 12.7. The smallest absolute Gasteiger partial charge is 0.336 e. The van der Waals surface area contributed by atoms with E-state index in [4.69, 9.17) is 9.15 Å². The first-order valence-electron chi connectivity index (χ1n) is 8.45. The number of phenols is 1. The maximum Gasteiger partial charge on any atom is 0.336 e. The van der Waals surface area contributed by atoms with Gasteiger partial charge in [0.05, 0.1) is 16.6 Å². The monoisotopic (exact) mass is 362 g/mol. The van der Waals surface area contributed by atoms with Crippen LogP contribution < -0.4 is 10.4 Å². The van der Waals surface area contributed by atoms with Crippen molar-refractivity contribution in [3.05, 3.63) is 33.7 Å². The third kappa shape index (κ3) is 2.87. The molecule has 0 fully saturated rings. The molecule has 0 saturated carbocycles. The van der Waals surface area contributed by atoms with E-state index in [0.29, 0.717) is 0 Å². The van der Waals surface area contributed by atoms with Gasteiger partial charge < -0.3 is 24.5 Å². The highest BCUT2D eigenvalue weighted by Gasteiger charge is 2.46. The molecule has 2 aromatic rings. The van der Waals surface area contributed by atoms with Crippen molar-refractivity contribution in [2.75, 3.05) is 0 Å². The predicted octanol–water partition coefficient (Wildman–Crippen LogP) is 2.29. The summed E-state index contributed by atoms with van der Waals surface area (Å²) in [6, 6.07) is 2.59. The number of hydrogen-bond acceptors (Lipinski definition) is 7. The van der Waals surface area contributed by atoms with E-state index in [9.17, 15) is 24.9 Å². The first-order valence-corrected chi connectivity index (χ1v) is 8.45. The average Bonchev–Trinajstić information content (AvgIpc) is 2.84. The number of rotatable bonds is 4. The van der Waals surface area contributed by atoms with E-state index in [1.807, 2.05) is 13.8 Å². The van der Waals surface area contributed by atoms with Crippen LogP contribution >= 0.6 is 0 Å². The number of ether oxygens (including phenoxy) is 1. The summed E-state index contributed by atoms with van der Waals surface area (Å²) in [6.07, 6.45) is -2.26. The molecule has 0 amide bonds. The van der Waals surface area contributed by atoms with Crippen LogP contribution in [0.5, 0.6) is 11.5 Å². The number of carbonyl (C=O) groups is 1. The minimum Gasteiger partial charge on any atom is -0.507 e. The van der Waals surface area contributed by atoms with Gasteiger partial charge >= 0.3 is 5.63 Å². The zero-order chi connectivity index (χ0) is 19.4. The van der Waals surface area contributed by atoms with Crippen LogP contribution in [0.1, 0.15) is 56.1 Å². The van der Waals surface area contributed by atoms with Crippen LogP contribution in [0, 0.1) is 5.92 Å². The molecule has 1 aliphatic rings. The summed E-state index contributed by atoms with van der Waals surface area (Å²) < 4.78 is 10.9. The summed E-state index contributed by atoms with van der Waals surface area (Å²) in [5, 5.41) is 31.9. The number of benzene rings is 1. The van der Waals surface area contributed by atoms with Gasteiger partial charge in [-0.2, -0.15) is 0 Å². The summed E-state index contributed by atoms with van der Waals surface area (Å²) in [6.45, 7) is 6.64. The SMILES string of the molecule is CC(C)CC(=O)c1c(O)c2c(c3ccc(=O)oc13)O[C@@H](C(C)(C)O)[C@@H]2O. The number of fused-ring (bicyclic) bond motifs is 3. The fraction of sp³-hybridized carbons (Fsp3) is 0.474. The van der Waals surface area contributed by atoms with Gasteiger partial charge in [0.1, 0.15) is 23.2 Å². The largest absolute Gasteiger partial charge is 0.507 e. The van der Waals surface area contributed by atoms with Crippen LogP contribution in [0.25, 0.3) is 11.0 Å². The number of carbonyl (C=O) groups excluding carboxylic acids is 1. The van der Waals surface area contributed by atoms with Crippen LogP contribution in [-0.4, -0.2) is 32.8 Å². The number of Topliss-reactive ketones (excluding diaryl/α,β-unsaturated/α-hetero) is 1. The molecule has 3 rings (SSSR count). The third-order valence-electron chi connectivity index (χ3n) is 4.44. The molecule has 7 nitrogen and oxygen atoms in total. The van der Waals surface area contributed by atoms with Crippen LogP contribution in [-0.2, 0) is 0 Å². The lowest BCUT2D eigenvalue weighted by atomic mass is 9.90. The van der Waals surface area contributed by atoms with Gasteiger partial charge in [-0.3, -0.25) is 4.79 Å². The second-order valence-electron chi connectivity index (χ2n) is 7.62. The molecule has 0 radical (unpaired) electrons. The van der Waals surface area contributed by atoms with Gasteiger partial charge in [-0.05, 0) is 25.8 Å². The summed E-state index contributed by atoms with van der Waals surface area (Å²) in [4.78, 5) is 24.4. The molecule has 7 heteroatoms. The minimum atomic E-state index is -1.41. The minimum absolute atomic E-state index is 0.0191. The van der Waals surface area contributed by atoms with Crippen molar-refractivity contribution in [2.45, 2.75) is 51.9 Å². The molecule has 2 atom stereocenters. The number of phenolic OH excluding ortho intramolecular Hbond substituents is 1. The second-order valence-corrected chi connectivity index (χ2v) is 7.62. The molecule has 0 bridgehead atoms. The van der Waals surface area contributed by atoms with Crippen LogP contribution in [0.4, 0.5) is 0 Å². The van der Waals surface area contributed by atoms with Gasteiger partial charge in [0.25, 0.3) is 0 Å². The fourth-order valence-electron chi connectivity index (χ4n) is 3.28. The first kappa shape index (κ1) is 18.4. The van der Waals surface area contributed by atoms with Gasteiger partial charge in [-0.15, -0.1) is 0 Å². The van der Waals surface area contributed by atoms with Crippen molar-refractivity contribution >= 4 is 16.8 Å². The summed E-state index contributed by atoms with van der Waals surface area (Å²) in [5.74, 6) is -0.766. The van der Waals surface area contributed by atoms with E-state index in [2.05, 4.69) is 0 Å². The summed E-state index contributed by atoms with van der Waals surface area (Å²) >= 11 is 0. The molecule has 140 valence electrons. The van der Waals surface area contributed by atoms with E-state index >= 15 is 0 Å². The lowest BCUT2D eigenvalue weighted by molar-refractivity contribution is -0.0761. The Kier molecular flexibility index (Phi) is 4.32. The van der Waals surface area contributed by atoms with Crippen LogP contribution in [0.15, 0.2) is 21.3 Å². The second kappa shape index (κ2) is 6.10. The Labute approximate surface area is 149 Å². The van der Waals surface area contributed by atoms with Gasteiger partial charge in [-0.1, -0.05) is 13.8 Å². The van der Waals surface area contributed by atoms with Crippen molar-refractivity contribution in [3.8, 4) is 11.5 Å². The highest BCUT2D eigenvalue weighted by atomic mass is 16.5. The lowest BCUT2D eigenvalue weighted by Gasteiger charge is -2.27. The molecule has 1 aromatic heterocycles. The number of aromatic hydroxyl groups is 1. The quantitative estimate of drug-likeness (QED) is 0.564. The first-order chi connectivity index (χ1) is 12.0. The summed E-state index contributed by atoms with van der Waals surface area (Å²) in [5.41, 5.74) is -2.29. The molecule has 1 aromatic carbocycles. The maximum atomic E-state index is 12.7. The van der Waals surface area contributed by atoms with Crippen molar-refractivity contribution < 1.29 is 29.3 Å². The molecular weight excluding hydrogens is 340 g/mol. The van der Waals surface area contributed by atoms with Gasteiger partial charge in [-0.25, -0.2) is 4.79 Å². The van der Waals surface area contributed by atoms with E-state index < -0.39 is 35.0 Å². The predicted molar refractivity (Wildman–Crippen MR) is 93.6 cm³/mol. The van der Waals surface area contributed by atoms with Crippen molar-refractivity contribution in [2.24, 2.45) is 5.92 Å². The fourth-order valence-corrected chi connectivity index (χ4v) is 3.28. The summed E-state index contributed by atoms with van der Waals surface area (Å²) in [7, 11) is 0. The molecule has 0 spiro atoms. The zero-order valence-electron chi connectivity index (χ0n) is 15.1. The molecule has 0 saturated heterocycles. The molecular formula is C19H22O7. The molecule has 3 N–H and O–H groups in total. The number of aliphatic hydroxyl groups is 2. The lowest BCUT2D eigenvalue weighted by Crippen LogP contribution is -2.41. The normalized spacial score (nSPS) is 19.7. The van der Waals surface area contributed by atoms with Gasteiger partial charge in [0, 0.05) is 12.5 Å². The van der Waals surface area contributed by atoms with Crippen molar-refractivity contribution in [1.29, 1.82) is 0 Å². The van der Waals surface area contributed by atoms with E-state index in [1.165, 1.54) is 26.0 Å². The Hall–Kier alpha value is -2.38. The molecule has 0 aliphatic carbocycles. The highest BCUT2D eigenvalue weighted by Crippen LogP contribution is 2.51. The molecule has 1 aliphatic heterocycles. The highest BCUT2D eigenvalue weighted by molar-refractivity contribution is 6.10. The third-order valence-corrected chi connectivity index (χ3v) is 4.44. The topological polar surface area (TPSA) is 117 Å². The number of ketones is 1. The Morgan fingerprint density at radius 2 is 1.96 bits per heavy atom. The molecule has 2 heterocycles. The van der Waals surface area contributed by atoms with Gasteiger partial charge in [0.15, 0.2) is 17.5 Å². The van der Waals surface area contributed by atoms with Crippen LogP contribution in [0.3, 0.4) is 0 Å². The van der Waals surface area contributed by atoms with E-state index in [0.717, 1.165) is 0 Å². The number of hydrogen-bond donors (Lipinski definition) is 3. The van der Waals surface area contributed by atoms with Crippen molar-refractivity contribution in [1.82, 2.24) is 0 Å². The molecule has 0 unspecified atom stereocenters. The zero-order valence-corrected chi connectivity index (χ0v) is 15.1.